The molecule has 0 aliphatic carbocycles. The third-order valence-electron chi connectivity index (χ3n) is 3.46. The van der Waals surface area contributed by atoms with Crippen molar-refractivity contribution < 1.29 is 13.5 Å². The number of sulfonamides is 1. The summed E-state index contributed by atoms with van der Waals surface area (Å²) < 4.78 is 26.3. The van der Waals surface area contributed by atoms with Gasteiger partial charge in [-0.2, -0.15) is 0 Å². The van der Waals surface area contributed by atoms with Crippen LogP contribution in [0.15, 0.2) is 23.1 Å². The summed E-state index contributed by atoms with van der Waals surface area (Å²) in [4.78, 5) is 0.255. The standard InChI is InChI=1S/C15H25NO3S/c1-5-13-6-7-15(10-14(13)11-17)20(18,19)16(4)9-8-12(2)3/h6-7,10,12,17H,5,8-9,11H2,1-4H3. The Hall–Kier alpha value is -0.910. The van der Waals surface area contributed by atoms with Gasteiger partial charge in [0, 0.05) is 13.6 Å². The normalized spacial score (nSPS) is 12.3. The van der Waals surface area contributed by atoms with E-state index in [2.05, 4.69) is 13.8 Å². The molecule has 1 aromatic carbocycles. The molecule has 0 saturated carbocycles. The number of aliphatic hydroxyl groups is 1. The molecular formula is C15H25NO3S. The van der Waals surface area contributed by atoms with Crippen LogP contribution in [0.4, 0.5) is 0 Å². The maximum atomic E-state index is 12.5. The summed E-state index contributed by atoms with van der Waals surface area (Å²) >= 11 is 0. The Morgan fingerprint density at radius 1 is 1.25 bits per heavy atom. The van der Waals surface area contributed by atoms with Crippen LogP contribution in [0.5, 0.6) is 0 Å². The van der Waals surface area contributed by atoms with E-state index >= 15 is 0 Å². The number of rotatable bonds is 7. The van der Waals surface area contributed by atoms with Crippen LogP contribution < -0.4 is 0 Å². The van der Waals surface area contributed by atoms with Crippen LogP contribution in [0.2, 0.25) is 0 Å². The largest absolute Gasteiger partial charge is 0.392 e. The molecular weight excluding hydrogens is 274 g/mol. The fourth-order valence-electron chi connectivity index (χ4n) is 1.99. The van der Waals surface area contributed by atoms with Crippen molar-refractivity contribution in [3.05, 3.63) is 29.3 Å². The van der Waals surface area contributed by atoms with E-state index in [1.807, 2.05) is 6.92 Å². The molecule has 0 aliphatic rings. The van der Waals surface area contributed by atoms with Gasteiger partial charge in [0.25, 0.3) is 0 Å². The molecule has 0 unspecified atom stereocenters. The zero-order valence-electron chi connectivity index (χ0n) is 12.8. The van der Waals surface area contributed by atoms with Gasteiger partial charge < -0.3 is 5.11 Å². The van der Waals surface area contributed by atoms with E-state index in [9.17, 15) is 13.5 Å². The Labute approximate surface area is 122 Å². The maximum absolute atomic E-state index is 12.5. The molecule has 1 rings (SSSR count). The lowest BCUT2D eigenvalue weighted by Gasteiger charge is -2.19. The van der Waals surface area contributed by atoms with Gasteiger partial charge in [-0.3, -0.25) is 0 Å². The van der Waals surface area contributed by atoms with Crippen molar-refractivity contribution in [2.24, 2.45) is 5.92 Å². The van der Waals surface area contributed by atoms with Gasteiger partial charge in [0.05, 0.1) is 11.5 Å². The first kappa shape index (κ1) is 17.1. The minimum absolute atomic E-state index is 0.137. The summed E-state index contributed by atoms with van der Waals surface area (Å²) in [5.41, 5.74) is 1.67. The highest BCUT2D eigenvalue weighted by Gasteiger charge is 2.21. The number of hydrogen-bond donors (Lipinski definition) is 1. The zero-order valence-corrected chi connectivity index (χ0v) is 13.6. The van der Waals surface area contributed by atoms with E-state index in [1.54, 1.807) is 25.2 Å². The van der Waals surface area contributed by atoms with Crippen molar-refractivity contribution in [1.82, 2.24) is 4.31 Å². The predicted octanol–water partition coefficient (Wildman–Crippen LogP) is 2.41. The Balaban J connectivity index is 3.03. The third kappa shape index (κ3) is 4.04. The highest BCUT2D eigenvalue weighted by atomic mass is 32.2. The molecule has 0 bridgehead atoms. The van der Waals surface area contributed by atoms with E-state index < -0.39 is 10.0 Å². The van der Waals surface area contributed by atoms with Crippen molar-refractivity contribution in [2.75, 3.05) is 13.6 Å². The number of hydrogen-bond acceptors (Lipinski definition) is 3. The van der Waals surface area contributed by atoms with Gasteiger partial charge in [-0.1, -0.05) is 26.8 Å². The summed E-state index contributed by atoms with van der Waals surface area (Å²) in [7, 11) is -1.87. The summed E-state index contributed by atoms with van der Waals surface area (Å²) in [6.07, 6.45) is 1.61. The molecule has 1 N–H and O–H groups in total. The van der Waals surface area contributed by atoms with Crippen molar-refractivity contribution in [1.29, 1.82) is 0 Å². The molecule has 0 atom stereocenters. The fraction of sp³-hybridized carbons (Fsp3) is 0.600. The quantitative estimate of drug-likeness (QED) is 0.841. The van der Waals surface area contributed by atoms with Crippen molar-refractivity contribution in [2.45, 2.75) is 45.1 Å². The first-order chi connectivity index (χ1) is 9.32. The van der Waals surface area contributed by atoms with Gasteiger partial charge in [-0.25, -0.2) is 12.7 Å². The summed E-state index contributed by atoms with van der Waals surface area (Å²) in [5, 5.41) is 9.35. The summed E-state index contributed by atoms with van der Waals surface area (Å²) in [6.45, 7) is 6.49. The molecule has 4 nitrogen and oxygen atoms in total. The highest BCUT2D eigenvalue weighted by molar-refractivity contribution is 7.89. The molecule has 0 amide bonds. The molecule has 1 aromatic rings. The Morgan fingerprint density at radius 2 is 1.90 bits per heavy atom. The average molecular weight is 299 g/mol. The molecule has 5 heteroatoms. The molecule has 0 radical (unpaired) electrons. The highest BCUT2D eigenvalue weighted by Crippen LogP contribution is 2.20. The first-order valence-electron chi connectivity index (χ1n) is 7.01. The fourth-order valence-corrected chi connectivity index (χ4v) is 3.23. The predicted molar refractivity (Wildman–Crippen MR) is 81.0 cm³/mol. The topological polar surface area (TPSA) is 57.6 Å². The molecule has 0 saturated heterocycles. The van der Waals surface area contributed by atoms with Gasteiger partial charge in [0.1, 0.15) is 0 Å². The average Bonchev–Trinajstić information content (AvgIpc) is 2.43. The Kier molecular flexibility index (Phi) is 6.17. The van der Waals surface area contributed by atoms with Crippen molar-refractivity contribution in [3.8, 4) is 0 Å². The van der Waals surface area contributed by atoms with Gasteiger partial charge in [-0.15, -0.1) is 0 Å². The van der Waals surface area contributed by atoms with Gasteiger partial charge in [0.15, 0.2) is 0 Å². The Morgan fingerprint density at radius 3 is 2.40 bits per heavy atom. The van der Waals surface area contributed by atoms with Gasteiger partial charge >= 0.3 is 0 Å². The lowest BCUT2D eigenvalue weighted by atomic mass is 10.1. The van der Waals surface area contributed by atoms with Crippen LogP contribution in [0, 0.1) is 5.92 Å². The number of aliphatic hydroxyl groups excluding tert-OH is 1. The lowest BCUT2D eigenvalue weighted by Crippen LogP contribution is -2.28. The minimum Gasteiger partial charge on any atom is -0.392 e. The number of nitrogens with zero attached hydrogens (tertiary/aromatic N) is 1. The molecule has 20 heavy (non-hydrogen) atoms. The third-order valence-corrected chi connectivity index (χ3v) is 5.31. The van der Waals surface area contributed by atoms with E-state index in [-0.39, 0.29) is 11.5 Å². The van der Waals surface area contributed by atoms with Crippen LogP contribution in [0.1, 0.15) is 38.3 Å². The van der Waals surface area contributed by atoms with Gasteiger partial charge in [0.2, 0.25) is 10.0 Å². The molecule has 0 aliphatic heterocycles. The van der Waals surface area contributed by atoms with Crippen molar-refractivity contribution in [3.63, 3.8) is 0 Å². The van der Waals surface area contributed by atoms with Gasteiger partial charge in [-0.05, 0) is 42.0 Å². The Bertz CT molecular complexity index is 538. The number of aryl methyl sites for hydroxylation is 1. The maximum Gasteiger partial charge on any atom is 0.242 e. The summed E-state index contributed by atoms with van der Waals surface area (Å²) in [6, 6.07) is 4.99. The van der Waals surface area contributed by atoms with Crippen LogP contribution in [0.25, 0.3) is 0 Å². The van der Waals surface area contributed by atoms with Crippen LogP contribution in [-0.4, -0.2) is 31.4 Å². The molecule has 0 fully saturated rings. The van der Waals surface area contributed by atoms with Crippen LogP contribution in [-0.2, 0) is 23.1 Å². The van der Waals surface area contributed by atoms with Crippen molar-refractivity contribution >= 4 is 10.0 Å². The van der Waals surface area contributed by atoms with E-state index in [4.69, 9.17) is 0 Å². The molecule has 114 valence electrons. The second kappa shape index (κ2) is 7.20. The smallest absolute Gasteiger partial charge is 0.242 e. The zero-order chi connectivity index (χ0) is 15.3. The second-order valence-electron chi connectivity index (χ2n) is 5.45. The lowest BCUT2D eigenvalue weighted by molar-refractivity contribution is 0.280. The molecule has 0 spiro atoms. The van der Waals surface area contributed by atoms with Crippen LogP contribution >= 0.6 is 0 Å². The summed E-state index contributed by atoms with van der Waals surface area (Å²) in [5.74, 6) is 0.461. The molecule has 0 heterocycles. The number of benzene rings is 1. The van der Waals surface area contributed by atoms with Crippen LogP contribution in [0.3, 0.4) is 0 Å². The molecule has 0 aromatic heterocycles. The monoisotopic (exact) mass is 299 g/mol. The minimum atomic E-state index is -3.47. The van der Waals surface area contributed by atoms with E-state index in [0.717, 1.165) is 18.4 Å². The van der Waals surface area contributed by atoms with E-state index in [0.29, 0.717) is 18.0 Å². The van der Waals surface area contributed by atoms with E-state index in [1.165, 1.54) is 4.31 Å². The second-order valence-corrected chi connectivity index (χ2v) is 7.50. The SMILES string of the molecule is CCc1ccc(S(=O)(=O)N(C)CCC(C)C)cc1CO. The first-order valence-corrected chi connectivity index (χ1v) is 8.45.